The molecular weight excluding hydrogens is 392 g/mol. The van der Waals surface area contributed by atoms with Crippen LogP contribution in [0.2, 0.25) is 0 Å². The molecule has 0 amide bonds. The fraction of sp³-hybridized carbons (Fsp3) is 0.0769. The van der Waals surface area contributed by atoms with Crippen molar-refractivity contribution in [3.05, 3.63) is 61.0 Å². The molecule has 0 fully saturated rings. The maximum absolute atomic E-state index is 10.8. The van der Waals surface area contributed by atoms with Gasteiger partial charge in [-0.05, 0) is 50.1 Å². The van der Waals surface area contributed by atoms with E-state index in [1.54, 1.807) is 24.3 Å². The van der Waals surface area contributed by atoms with Gasteiger partial charge in [-0.15, -0.1) is 0 Å². The van der Waals surface area contributed by atoms with Crippen LogP contribution in [0.1, 0.15) is 5.56 Å². The van der Waals surface area contributed by atoms with Gasteiger partial charge in [0.25, 0.3) is 5.69 Å². The van der Waals surface area contributed by atoms with E-state index in [-0.39, 0.29) is 11.4 Å². The summed E-state index contributed by atoms with van der Waals surface area (Å²) in [5.41, 5.74) is 1.30. The zero-order chi connectivity index (χ0) is 14.7. The summed E-state index contributed by atoms with van der Waals surface area (Å²) < 4.78 is 1.04. The van der Waals surface area contributed by atoms with E-state index in [2.05, 4.69) is 37.2 Å². The summed E-state index contributed by atoms with van der Waals surface area (Å²) in [5.74, 6) is 0.159. The molecule has 0 radical (unpaired) electrons. The topological polar surface area (TPSA) is 75.4 Å². The van der Waals surface area contributed by atoms with E-state index in [4.69, 9.17) is 0 Å². The van der Waals surface area contributed by atoms with Crippen molar-refractivity contribution in [2.24, 2.45) is 0 Å². The normalized spacial score (nSPS) is 10.3. The summed E-state index contributed by atoms with van der Waals surface area (Å²) in [7, 11) is 0. The average molecular weight is 402 g/mol. The molecule has 0 bridgehead atoms. The van der Waals surface area contributed by atoms with E-state index in [1.165, 1.54) is 6.07 Å². The van der Waals surface area contributed by atoms with Gasteiger partial charge < -0.3 is 10.4 Å². The smallest absolute Gasteiger partial charge is 0.285 e. The number of hydrogen-bond acceptors (Lipinski definition) is 4. The SMILES string of the molecule is O=[N+]([O-])c1cc(NCc2cccc(Br)c2O)ccc1Br. The Hall–Kier alpha value is -1.60. The van der Waals surface area contributed by atoms with Crippen molar-refractivity contribution in [3.63, 3.8) is 0 Å². The summed E-state index contributed by atoms with van der Waals surface area (Å²) in [4.78, 5) is 10.4. The molecule has 2 N–H and O–H groups in total. The van der Waals surface area contributed by atoms with E-state index in [0.717, 1.165) is 0 Å². The Kier molecular flexibility index (Phi) is 4.61. The van der Waals surface area contributed by atoms with Gasteiger partial charge in [-0.2, -0.15) is 0 Å². The minimum atomic E-state index is -0.453. The number of benzene rings is 2. The summed E-state index contributed by atoms with van der Waals surface area (Å²) in [6, 6.07) is 10.1. The quantitative estimate of drug-likeness (QED) is 0.586. The van der Waals surface area contributed by atoms with Gasteiger partial charge in [0.15, 0.2) is 0 Å². The van der Waals surface area contributed by atoms with Gasteiger partial charge in [-0.1, -0.05) is 12.1 Å². The number of nitrogens with zero attached hydrogens (tertiary/aromatic N) is 1. The Morgan fingerprint density at radius 1 is 1.20 bits per heavy atom. The number of halogens is 2. The minimum absolute atomic E-state index is 0.00605. The van der Waals surface area contributed by atoms with Crippen molar-refractivity contribution in [3.8, 4) is 5.75 Å². The molecule has 2 aromatic carbocycles. The van der Waals surface area contributed by atoms with Gasteiger partial charge >= 0.3 is 0 Å². The number of phenolic OH excluding ortho intramolecular Hbond substituents is 1. The molecule has 2 rings (SSSR count). The van der Waals surface area contributed by atoms with Gasteiger partial charge in [0, 0.05) is 23.9 Å². The Morgan fingerprint density at radius 2 is 1.95 bits per heavy atom. The fourth-order valence-corrected chi connectivity index (χ4v) is 2.46. The number of anilines is 1. The average Bonchev–Trinajstić information content (AvgIpc) is 2.41. The van der Waals surface area contributed by atoms with Crippen molar-refractivity contribution < 1.29 is 10.0 Å². The fourth-order valence-electron chi connectivity index (χ4n) is 1.66. The number of nitro groups is 1. The van der Waals surface area contributed by atoms with Crippen LogP contribution in [0.5, 0.6) is 5.75 Å². The Balaban J connectivity index is 2.17. The summed E-state index contributed by atoms with van der Waals surface area (Å²) in [6.07, 6.45) is 0. The number of hydrogen-bond donors (Lipinski definition) is 2. The predicted molar refractivity (Wildman–Crippen MR) is 83.9 cm³/mol. The first-order valence-corrected chi connectivity index (χ1v) is 7.22. The second-order valence-corrected chi connectivity index (χ2v) is 5.73. The zero-order valence-corrected chi connectivity index (χ0v) is 13.3. The number of para-hydroxylation sites is 1. The van der Waals surface area contributed by atoms with Crippen molar-refractivity contribution in [1.82, 2.24) is 0 Å². The van der Waals surface area contributed by atoms with E-state index in [1.807, 2.05) is 6.07 Å². The van der Waals surface area contributed by atoms with Crippen LogP contribution in [0.4, 0.5) is 11.4 Å². The first kappa shape index (κ1) is 14.8. The maximum Gasteiger partial charge on any atom is 0.285 e. The molecule has 0 spiro atoms. The summed E-state index contributed by atoms with van der Waals surface area (Å²) in [6.45, 7) is 0.365. The van der Waals surface area contributed by atoms with E-state index >= 15 is 0 Å². The molecule has 20 heavy (non-hydrogen) atoms. The lowest BCUT2D eigenvalue weighted by Crippen LogP contribution is -2.00. The molecule has 0 saturated heterocycles. The van der Waals surface area contributed by atoms with Crippen molar-refractivity contribution >= 4 is 43.2 Å². The highest BCUT2D eigenvalue weighted by atomic mass is 79.9. The molecule has 0 saturated carbocycles. The third kappa shape index (κ3) is 3.29. The molecular formula is C13H10Br2N2O3. The monoisotopic (exact) mass is 400 g/mol. The van der Waals surface area contributed by atoms with E-state index in [9.17, 15) is 15.2 Å². The van der Waals surface area contributed by atoms with Crippen molar-refractivity contribution in [1.29, 1.82) is 0 Å². The van der Waals surface area contributed by atoms with Crippen LogP contribution < -0.4 is 5.32 Å². The number of aromatic hydroxyl groups is 1. The Bertz CT molecular complexity index is 662. The molecule has 0 atom stereocenters. The highest BCUT2D eigenvalue weighted by molar-refractivity contribution is 9.11. The Labute approximate surface area is 132 Å². The third-order valence-electron chi connectivity index (χ3n) is 2.70. The second kappa shape index (κ2) is 6.23. The number of nitro benzene ring substituents is 1. The molecule has 104 valence electrons. The van der Waals surface area contributed by atoms with E-state index < -0.39 is 4.92 Å². The van der Waals surface area contributed by atoms with Crippen LogP contribution in [-0.2, 0) is 6.54 Å². The Morgan fingerprint density at radius 3 is 2.65 bits per heavy atom. The molecule has 2 aromatic rings. The maximum atomic E-state index is 10.8. The summed E-state index contributed by atoms with van der Waals surface area (Å²) in [5, 5.41) is 23.8. The first-order chi connectivity index (χ1) is 9.49. The zero-order valence-electron chi connectivity index (χ0n) is 10.1. The molecule has 0 aliphatic rings. The standard InChI is InChI=1S/C13H10Br2N2O3/c14-10-5-4-9(6-12(10)17(19)20)16-7-8-2-1-3-11(15)13(8)18/h1-6,16,18H,7H2. The van der Waals surface area contributed by atoms with Crippen molar-refractivity contribution in [2.45, 2.75) is 6.54 Å². The largest absolute Gasteiger partial charge is 0.506 e. The van der Waals surface area contributed by atoms with Gasteiger partial charge in [-0.25, -0.2) is 0 Å². The van der Waals surface area contributed by atoms with Crippen LogP contribution in [-0.4, -0.2) is 10.0 Å². The molecule has 0 heterocycles. The minimum Gasteiger partial charge on any atom is -0.506 e. The lowest BCUT2D eigenvalue weighted by molar-refractivity contribution is -0.385. The number of rotatable bonds is 4. The van der Waals surface area contributed by atoms with Crippen LogP contribution in [0.3, 0.4) is 0 Å². The van der Waals surface area contributed by atoms with Gasteiger partial charge in [0.1, 0.15) is 5.75 Å². The van der Waals surface area contributed by atoms with Gasteiger partial charge in [-0.3, -0.25) is 10.1 Å². The van der Waals surface area contributed by atoms with E-state index in [0.29, 0.717) is 26.7 Å². The van der Waals surface area contributed by atoms with Crippen LogP contribution >= 0.6 is 31.9 Å². The second-order valence-electron chi connectivity index (χ2n) is 4.02. The van der Waals surface area contributed by atoms with Crippen LogP contribution in [0.15, 0.2) is 45.3 Å². The highest BCUT2D eigenvalue weighted by Crippen LogP contribution is 2.30. The molecule has 0 aliphatic heterocycles. The number of nitrogens with one attached hydrogen (secondary N) is 1. The summed E-state index contributed by atoms with van der Waals surface area (Å²) >= 11 is 6.37. The molecule has 0 unspecified atom stereocenters. The lowest BCUT2D eigenvalue weighted by Gasteiger charge is -2.09. The van der Waals surface area contributed by atoms with Crippen LogP contribution in [0, 0.1) is 10.1 Å². The molecule has 5 nitrogen and oxygen atoms in total. The van der Waals surface area contributed by atoms with Gasteiger partial charge in [0.05, 0.1) is 13.9 Å². The number of phenols is 1. The van der Waals surface area contributed by atoms with Gasteiger partial charge in [0.2, 0.25) is 0 Å². The lowest BCUT2D eigenvalue weighted by atomic mass is 10.2. The first-order valence-electron chi connectivity index (χ1n) is 5.63. The predicted octanol–water partition coefficient (Wildman–Crippen LogP) is 4.44. The van der Waals surface area contributed by atoms with Crippen molar-refractivity contribution in [2.75, 3.05) is 5.32 Å². The van der Waals surface area contributed by atoms with Crippen LogP contribution in [0.25, 0.3) is 0 Å². The highest BCUT2D eigenvalue weighted by Gasteiger charge is 2.12. The molecule has 0 aromatic heterocycles. The third-order valence-corrected chi connectivity index (χ3v) is 4.01. The molecule has 7 heteroatoms. The molecule has 0 aliphatic carbocycles.